The third-order valence-corrected chi connectivity index (χ3v) is 6.46. The van der Waals surface area contributed by atoms with Gasteiger partial charge in [-0.1, -0.05) is 55.4 Å². The van der Waals surface area contributed by atoms with Gasteiger partial charge >= 0.3 is 11.9 Å². The summed E-state index contributed by atoms with van der Waals surface area (Å²) >= 11 is 0. The van der Waals surface area contributed by atoms with Crippen molar-refractivity contribution >= 4 is 35.0 Å². The lowest BCUT2D eigenvalue weighted by atomic mass is 9.73. The molecule has 0 atom stereocenters. The van der Waals surface area contributed by atoms with Crippen molar-refractivity contribution in [2.24, 2.45) is 33.4 Å². The molecule has 0 aromatic carbocycles. The van der Waals surface area contributed by atoms with Gasteiger partial charge in [0.05, 0.1) is 24.0 Å². The molecule has 0 aromatic rings. The van der Waals surface area contributed by atoms with Gasteiger partial charge in [0.1, 0.15) is 11.5 Å². The topological polar surface area (TPSA) is 205 Å². The Bertz CT molecular complexity index is 1100. The number of nitrogens with two attached hydrogens (primary N) is 1. The summed E-state index contributed by atoms with van der Waals surface area (Å²) in [5.74, 6) is -1.70. The van der Waals surface area contributed by atoms with E-state index in [-0.39, 0.29) is 83.0 Å². The van der Waals surface area contributed by atoms with Crippen LogP contribution in [0.4, 0.5) is 0 Å². The molecule has 11 nitrogen and oxygen atoms in total. The van der Waals surface area contributed by atoms with Crippen molar-refractivity contribution < 1.29 is 44.4 Å². The second-order valence-corrected chi connectivity index (χ2v) is 13.5. The minimum absolute atomic E-state index is 0.0273. The number of carboxylic acid groups (broad SMARTS) is 2. The fourth-order valence-corrected chi connectivity index (χ4v) is 4.73. The molecule has 6 N–H and O–H groups in total. The van der Waals surface area contributed by atoms with Crippen LogP contribution >= 0.6 is 0 Å². The zero-order chi connectivity index (χ0) is 33.7. The quantitative estimate of drug-likeness (QED) is 0.0927. The van der Waals surface area contributed by atoms with E-state index in [4.69, 9.17) is 15.9 Å². The van der Waals surface area contributed by atoms with Crippen LogP contribution in [0.15, 0.2) is 27.7 Å². The molecule has 0 heterocycles. The van der Waals surface area contributed by atoms with Crippen LogP contribution in [0.1, 0.15) is 107 Å². The van der Waals surface area contributed by atoms with Crippen molar-refractivity contribution in [3.8, 4) is 0 Å². The number of aliphatic hydroxyl groups is 2. The Morgan fingerprint density at radius 2 is 1.21 bits per heavy atom. The van der Waals surface area contributed by atoms with Gasteiger partial charge in [-0.2, -0.15) is 0 Å². The standard InChI is InChI=1S/C16H25NO4.C13H20O3.C3H7NO2/c1-10(2)7-11(17-6-5-14(20)21)15-12(18)8-16(3,4)9-13(15)19;1-8(2)5-9(14)12-10(15)6-13(3,4)7-11(12)16;4-2-1-3(5)6/h10,18H,5-9H2,1-4H3,(H,20,21);8,14H,5-7H2,1-4H3;1-2,4H2,(H,5,6). The van der Waals surface area contributed by atoms with Gasteiger partial charge < -0.3 is 26.2 Å². The molecule has 0 saturated heterocycles. The van der Waals surface area contributed by atoms with Gasteiger partial charge in [0.25, 0.3) is 0 Å². The van der Waals surface area contributed by atoms with Gasteiger partial charge in [-0.05, 0) is 29.1 Å². The van der Waals surface area contributed by atoms with E-state index in [1.54, 1.807) is 0 Å². The number of allylic oxidation sites excluding steroid dienone is 4. The van der Waals surface area contributed by atoms with Crippen molar-refractivity contribution in [3.05, 3.63) is 22.7 Å². The fraction of sp³-hybridized carbons (Fsp3) is 0.688. The number of Topliss-reactive ketones (excluding diaryl/α,β-unsaturated/α-hetero) is 3. The molecule has 244 valence electrons. The van der Waals surface area contributed by atoms with Crippen LogP contribution in [0.3, 0.4) is 0 Å². The van der Waals surface area contributed by atoms with E-state index in [2.05, 4.69) is 4.99 Å². The van der Waals surface area contributed by atoms with Crippen LogP contribution in [0.2, 0.25) is 0 Å². The molecule has 2 rings (SSSR count). The average molecular weight is 609 g/mol. The SMILES string of the molecule is CC(C)CC(=NCCC(=O)O)C1=C(O)CC(C)(C)CC1=O.CC(C)CC(O)=C1C(=O)CC(C)(C)CC1=O.NCCC(=O)O. The summed E-state index contributed by atoms with van der Waals surface area (Å²) in [7, 11) is 0. The van der Waals surface area contributed by atoms with Crippen molar-refractivity contribution in [1.29, 1.82) is 0 Å². The van der Waals surface area contributed by atoms with Crippen molar-refractivity contribution in [2.75, 3.05) is 13.1 Å². The Hall–Kier alpha value is -3.34. The van der Waals surface area contributed by atoms with Crippen LogP contribution in [-0.4, -0.2) is 68.5 Å². The van der Waals surface area contributed by atoms with Crippen LogP contribution in [0.5, 0.6) is 0 Å². The fourth-order valence-electron chi connectivity index (χ4n) is 4.73. The minimum atomic E-state index is -0.919. The molecule has 0 bridgehead atoms. The van der Waals surface area contributed by atoms with Crippen molar-refractivity contribution in [1.82, 2.24) is 0 Å². The lowest BCUT2D eigenvalue weighted by Gasteiger charge is -2.30. The van der Waals surface area contributed by atoms with Crippen LogP contribution in [0.25, 0.3) is 0 Å². The lowest BCUT2D eigenvalue weighted by Crippen LogP contribution is -2.32. The highest BCUT2D eigenvalue weighted by atomic mass is 16.4. The molecule has 0 amide bonds. The molecule has 0 spiro atoms. The second-order valence-electron chi connectivity index (χ2n) is 13.5. The van der Waals surface area contributed by atoms with Gasteiger partial charge in [-0.3, -0.25) is 29.0 Å². The molecule has 11 heteroatoms. The summed E-state index contributed by atoms with van der Waals surface area (Å²) in [6.45, 7) is 15.9. The predicted octanol–water partition coefficient (Wildman–Crippen LogP) is 5.37. The predicted molar refractivity (Wildman–Crippen MR) is 165 cm³/mol. The number of aliphatic imine (C=N–C) groups is 1. The van der Waals surface area contributed by atoms with Crippen LogP contribution in [0, 0.1) is 22.7 Å². The van der Waals surface area contributed by atoms with Gasteiger partial charge in [0.15, 0.2) is 17.3 Å². The van der Waals surface area contributed by atoms with E-state index in [0.29, 0.717) is 49.8 Å². The highest BCUT2D eigenvalue weighted by Gasteiger charge is 2.37. The van der Waals surface area contributed by atoms with Crippen LogP contribution < -0.4 is 5.73 Å². The summed E-state index contributed by atoms with van der Waals surface area (Å²) < 4.78 is 0. The summed E-state index contributed by atoms with van der Waals surface area (Å²) in [4.78, 5) is 60.3. The van der Waals surface area contributed by atoms with E-state index in [1.807, 2.05) is 55.4 Å². The molecule has 0 unspecified atom stereocenters. The first kappa shape index (κ1) is 39.7. The normalized spacial score (nSPS) is 18.2. The number of nitrogens with zero attached hydrogens (tertiary/aromatic N) is 1. The summed E-state index contributed by atoms with van der Waals surface area (Å²) in [6.07, 6.45) is 2.47. The van der Waals surface area contributed by atoms with E-state index in [0.717, 1.165) is 0 Å². The molecular weight excluding hydrogens is 556 g/mol. The van der Waals surface area contributed by atoms with Gasteiger partial charge in [-0.25, -0.2) is 0 Å². The van der Waals surface area contributed by atoms with E-state index in [9.17, 15) is 34.2 Å². The Morgan fingerprint density at radius 3 is 1.58 bits per heavy atom. The third kappa shape index (κ3) is 15.6. The highest BCUT2D eigenvalue weighted by molar-refractivity contribution is 6.23. The number of hydrogen-bond acceptors (Lipinski definition) is 9. The molecule has 0 aromatic heterocycles. The molecule has 1 fully saturated rings. The maximum Gasteiger partial charge on any atom is 0.305 e. The number of hydrogen-bond donors (Lipinski definition) is 5. The summed E-state index contributed by atoms with van der Waals surface area (Å²) in [6, 6.07) is 0. The highest BCUT2D eigenvalue weighted by Crippen LogP contribution is 2.37. The number of carboxylic acids is 2. The summed E-state index contributed by atoms with van der Waals surface area (Å²) in [5, 5.41) is 36.5. The first-order valence-electron chi connectivity index (χ1n) is 14.7. The maximum atomic E-state index is 12.3. The molecular formula is C32H52N2O9. The Labute approximate surface area is 255 Å². The number of carbonyl (C=O) groups excluding carboxylic acids is 3. The maximum absolute atomic E-state index is 12.3. The zero-order valence-corrected chi connectivity index (χ0v) is 27.1. The zero-order valence-electron chi connectivity index (χ0n) is 27.1. The number of aliphatic carboxylic acids is 2. The van der Waals surface area contributed by atoms with Crippen molar-refractivity contribution in [3.63, 3.8) is 0 Å². The van der Waals surface area contributed by atoms with Gasteiger partial charge in [0.2, 0.25) is 0 Å². The Morgan fingerprint density at radius 1 is 0.767 bits per heavy atom. The molecule has 0 aliphatic heterocycles. The van der Waals surface area contributed by atoms with E-state index >= 15 is 0 Å². The lowest BCUT2D eigenvalue weighted by molar-refractivity contribution is -0.137. The van der Waals surface area contributed by atoms with Gasteiger partial charge in [0, 0.05) is 50.9 Å². The number of carbonyl (C=O) groups is 5. The van der Waals surface area contributed by atoms with Gasteiger partial charge in [-0.15, -0.1) is 0 Å². The van der Waals surface area contributed by atoms with E-state index < -0.39 is 11.9 Å². The van der Waals surface area contributed by atoms with Crippen molar-refractivity contribution in [2.45, 2.75) is 107 Å². The number of rotatable bonds is 10. The molecule has 43 heavy (non-hydrogen) atoms. The monoisotopic (exact) mass is 608 g/mol. The second kappa shape index (κ2) is 17.7. The van der Waals surface area contributed by atoms with Crippen LogP contribution in [-0.2, 0) is 24.0 Å². The molecule has 0 radical (unpaired) electrons. The Balaban J connectivity index is 0.000000707. The average Bonchev–Trinajstić information content (AvgIpc) is 2.75. The number of ketones is 3. The largest absolute Gasteiger partial charge is 0.511 e. The summed E-state index contributed by atoms with van der Waals surface area (Å²) in [5.41, 5.74) is 5.25. The Kier molecular flexibility index (Phi) is 16.3. The minimum Gasteiger partial charge on any atom is -0.511 e. The van der Waals surface area contributed by atoms with E-state index in [1.165, 1.54) is 0 Å². The molecule has 1 saturated carbocycles. The first-order chi connectivity index (χ1) is 19.6. The molecule has 2 aliphatic carbocycles. The first-order valence-corrected chi connectivity index (χ1v) is 14.7. The number of aliphatic hydroxyl groups excluding tert-OH is 2. The molecule has 2 aliphatic rings. The smallest absolute Gasteiger partial charge is 0.305 e. The third-order valence-electron chi connectivity index (χ3n) is 6.46.